The molecule has 0 amide bonds. The molecule has 0 aliphatic carbocycles. The van der Waals surface area contributed by atoms with E-state index in [-0.39, 0.29) is 5.90 Å². The Morgan fingerprint density at radius 1 is 0.923 bits per heavy atom. The Morgan fingerprint density at radius 3 is 1.65 bits per heavy atom. The molecule has 1 aliphatic rings. The van der Waals surface area contributed by atoms with Crippen LogP contribution in [0, 0.1) is 0 Å². The summed E-state index contributed by atoms with van der Waals surface area (Å²) in [6.07, 6.45) is 0. The first-order chi connectivity index (χ1) is 11.5. The Morgan fingerprint density at radius 2 is 1.35 bits per heavy atom. The second-order valence-corrected chi connectivity index (χ2v) is 10.7. The number of hydrogen-bond donors (Lipinski definition) is 0. The smallest absolute Gasteiger partial charge is 0.344 e. The van der Waals surface area contributed by atoms with Crippen molar-refractivity contribution in [1.82, 2.24) is 0 Å². The normalized spacial score (nSPS) is 19.4. The number of hydrogen-bond acceptors (Lipinski definition) is 6. The molecule has 0 saturated carbocycles. The van der Waals surface area contributed by atoms with Gasteiger partial charge < -0.3 is 14.2 Å². The SMILES string of the molecule is COC(=O)C1=C(C(=O)OC)C(C(Cl)(Cl)Cl)(C(Cl)(Cl)Cl)OC1=NC(C)(C)C. The van der Waals surface area contributed by atoms with Gasteiger partial charge in [-0.3, -0.25) is 0 Å². The Labute approximate surface area is 180 Å². The highest BCUT2D eigenvalue weighted by atomic mass is 35.6. The van der Waals surface area contributed by atoms with E-state index >= 15 is 0 Å². The third-order valence-corrected chi connectivity index (χ3v) is 4.68. The highest BCUT2D eigenvalue weighted by molar-refractivity contribution is 6.74. The van der Waals surface area contributed by atoms with E-state index in [1.165, 1.54) is 0 Å². The third kappa shape index (κ3) is 4.31. The Bertz CT molecular complexity index is 655. The van der Waals surface area contributed by atoms with Crippen LogP contribution in [0.25, 0.3) is 0 Å². The van der Waals surface area contributed by atoms with Crippen LogP contribution in [-0.2, 0) is 23.8 Å². The minimum atomic E-state index is -2.53. The fourth-order valence-corrected chi connectivity index (χ4v) is 4.20. The van der Waals surface area contributed by atoms with Gasteiger partial charge >= 0.3 is 11.9 Å². The molecule has 0 radical (unpaired) electrons. The predicted molar refractivity (Wildman–Crippen MR) is 103 cm³/mol. The molecule has 1 rings (SSSR count). The largest absolute Gasteiger partial charge is 0.466 e. The summed E-state index contributed by atoms with van der Waals surface area (Å²) in [7, 11) is 2.11. The summed E-state index contributed by atoms with van der Waals surface area (Å²) in [6.45, 7) is 5.09. The van der Waals surface area contributed by atoms with Crippen LogP contribution in [0.1, 0.15) is 20.8 Å². The maximum Gasteiger partial charge on any atom is 0.344 e. The van der Waals surface area contributed by atoms with Crippen molar-refractivity contribution in [3.05, 3.63) is 11.1 Å². The van der Waals surface area contributed by atoms with Gasteiger partial charge in [-0.2, -0.15) is 0 Å². The zero-order chi connectivity index (χ0) is 20.7. The molecule has 0 atom stereocenters. The molecular weight excluding hydrogens is 475 g/mol. The molecule has 0 aromatic carbocycles. The molecule has 148 valence electrons. The maximum absolute atomic E-state index is 12.5. The molecule has 0 saturated heterocycles. The molecular formula is C14H15Cl6NO5. The lowest BCUT2D eigenvalue weighted by Gasteiger charge is -2.41. The van der Waals surface area contributed by atoms with Gasteiger partial charge in [0.2, 0.25) is 19.1 Å². The summed E-state index contributed by atoms with van der Waals surface area (Å²) >= 11 is 36.2. The molecule has 1 heterocycles. The number of halogens is 6. The van der Waals surface area contributed by atoms with Crippen molar-refractivity contribution in [2.75, 3.05) is 14.2 Å². The summed E-state index contributed by atoms with van der Waals surface area (Å²) in [5, 5.41) is 0. The Kier molecular flexibility index (Phi) is 7.11. The number of esters is 2. The molecule has 0 bridgehead atoms. The number of rotatable bonds is 2. The van der Waals surface area contributed by atoms with Crippen molar-refractivity contribution in [2.45, 2.75) is 39.5 Å². The van der Waals surface area contributed by atoms with Gasteiger partial charge in [0, 0.05) is 0 Å². The topological polar surface area (TPSA) is 74.2 Å². The number of carbonyl (C=O) groups is 2. The maximum atomic E-state index is 12.5. The number of nitrogens with zero attached hydrogens (tertiary/aromatic N) is 1. The number of methoxy groups -OCH3 is 2. The zero-order valence-electron chi connectivity index (χ0n) is 14.3. The fraction of sp³-hybridized carbons (Fsp3) is 0.643. The van der Waals surface area contributed by atoms with Gasteiger partial charge in [-0.15, -0.1) is 0 Å². The van der Waals surface area contributed by atoms with Gasteiger partial charge in [0.15, 0.2) is 0 Å². The Balaban J connectivity index is 4.06. The lowest BCUT2D eigenvalue weighted by molar-refractivity contribution is -0.139. The molecule has 0 aromatic heterocycles. The first kappa shape index (κ1) is 23.9. The summed E-state index contributed by atoms with van der Waals surface area (Å²) < 4.78 is 9.96. The van der Waals surface area contributed by atoms with Crippen LogP contribution in [0.15, 0.2) is 16.1 Å². The monoisotopic (exact) mass is 487 g/mol. The van der Waals surface area contributed by atoms with Gasteiger partial charge in [0.25, 0.3) is 0 Å². The molecule has 12 heteroatoms. The van der Waals surface area contributed by atoms with Gasteiger partial charge in [-0.25, -0.2) is 14.6 Å². The summed E-state index contributed by atoms with van der Waals surface area (Å²) in [5.41, 5.74) is -4.40. The highest BCUT2D eigenvalue weighted by Crippen LogP contribution is 2.60. The Hall–Kier alpha value is -0.110. The highest BCUT2D eigenvalue weighted by Gasteiger charge is 2.72. The molecule has 0 fully saturated rings. The van der Waals surface area contributed by atoms with Crippen molar-refractivity contribution < 1.29 is 23.8 Å². The molecule has 6 nitrogen and oxygen atoms in total. The average molecular weight is 490 g/mol. The predicted octanol–water partition coefficient (Wildman–Crippen LogP) is 4.34. The average Bonchev–Trinajstić information content (AvgIpc) is 2.79. The van der Waals surface area contributed by atoms with Crippen molar-refractivity contribution in [3.8, 4) is 0 Å². The molecule has 1 aliphatic heterocycles. The number of aliphatic imine (C=N–C) groups is 1. The number of alkyl halides is 6. The minimum absolute atomic E-state index is 0.387. The van der Waals surface area contributed by atoms with Crippen LogP contribution in [-0.4, -0.2) is 50.8 Å². The van der Waals surface area contributed by atoms with E-state index in [1.54, 1.807) is 20.8 Å². The molecule has 26 heavy (non-hydrogen) atoms. The van der Waals surface area contributed by atoms with E-state index in [4.69, 9.17) is 83.8 Å². The van der Waals surface area contributed by atoms with Crippen LogP contribution in [0.3, 0.4) is 0 Å². The summed E-state index contributed by atoms with van der Waals surface area (Å²) in [6, 6.07) is 0. The van der Waals surface area contributed by atoms with Crippen LogP contribution >= 0.6 is 69.6 Å². The fourth-order valence-electron chi connectivity index (χ4n) is 2.11. The van der Waals surface area contributed by atoms with Crippen molar-refractivity contribution >= 4 is 87.4 Å². The van der Waals surface area contributed by atoms with E-state index in [0.717, 1.165) is 14.2 Å². The standard InChI is InChI=1S/C14H15Cl6NO5/c1-11(2,3)21-8-6(9(22)24-4)7(10(23)25-5)12(26-8,13(15,16)17)14(18,19)20/h1-5H3. The molecule has 0 spiro atoms. The second kappa shape index (κ2) is 7.72. The van der Waals surface area contributed by atoms with Crippen LogP contribution in [0.5, 0.6) is 0 Å². The van der Waals surface area contributed by atoms with E-state index < -0.39 is 41.8 Å². The van der Waals surface area contributed by atoms with Crippen molar-refractivity contribution in [3.63, 3.8) is 0 Å². The van der Waals surface area contributed by atoms with Gasteiger partial charge in [-0.1, -0.05) is 69.6 Å². The van der Waals surface area contributed by atoms with Gasteiger partial charge in [-0.05, 0) is 20.8 Å². The number of carbonyl (C=O) groups excluding carboxylic acids is 2. The van der Waals surface area contributed by atoms with Gasteiger partial charge in [0.1, 0.15) is 11.1 Å². The lowest BCUT2D eigenvalue weighted by Crippen LogP contribution is -2.57. The first-order valence-electron chi connectivity index (χ1n) is 6.87. The van der Waals surface area contributed by atoms with Crippen molar-refractivity contribution in [1.29, 1.82) is 0 Å². The van der Waals surface area contributed by atoms with Crippen LogP contribution < -0.4 is 0 Å². The lowest BCUT2D eigenvalue weighted by atomic mass is 9.94. The first-order valence-corrected chi connectivity index (χ1v) is 9.14. The third-order valence-electron chi connectivity index (χ3n) is 3.08. The van der Waals surface area contributed by atoms with E-state index in [0.29, 0.717) is 0 Å². The summed E-state index contributed by atoms with van der Waals surface area (Å²) in [4.78, 5) is 29.1. The zero-order valence-corrected chi connectivity index (χ0v) is 18.8. The number of ether oxygens (including phenoxy) is 3. The molecule has 0 aromatic rings. The molecule has 0 unspecified atom stereocenters. The van der Waals surface area contributed by atoms with E-state index in [9.17, 15) is 9.59 Å². The van der Waals surface area contributed by atoms with E-state index in [1.807, 2.05) is 0 Å². The molecule has 0 N–H and O–H groups in total. The second-order valence-electron chi connectivity index (χ2n) is 6.10. The quantitative estimate of drug-likeness (QED) is 0.426. The van der Waals surface area contributed by atoms with E-state index in [2.05, 4.69) is 4.99 Å². The minimum Gasteiger partial charge on any atom is -0.466 e. The summed E-state index contributed by atoms with van der Waals surface area (Å²) in [5.74, 6) is -2.52. The van der Waals surface area contributed by atoms with Gasteiger partial charge in [0.05, 0.1) is 19.8 Å². The van der Waals surface area contributed by atoms with Crippen LogP contribution in [0.2, 0.25) is 0 Å². The van der Waals surface area contributed by atoms with Crippen molar-refractivity contribution in [2.24, 2.45) is 4.99 Å². The van der Waals surface area contributed by atoms with Crippen LogP contribution in [0.4, 0.5) is 0 Å².